The smallest absolute Gasteiger partial charge is 0.0529 e. The summed E-state index contributed by atoms with van der Waals surface area (Å²) >= 11 is 1.77. The van der Waals surface area contributed by atoms with Crippen molar-refractivity contribution in [3.8, 4) is 0 Å². The van der Waals surface area contributed by atoms with E-state index in [1.165, 1.54) is 0 Å². The van der Waals surface area contributed by atoms with Gasteiger partial charge in [0, 0.05) is 4.75 Å². The number of hydrogen-bond acceptors (Lipinski definition) is 3. The topological polar surface area (TPSA) is 38.0 Å². The summed E-state index contributed by atoms with van der Waals surface area (Å²) in [5, 5.41) is 0. The Balaban J connectivity index is 4.10. The van der Waals surface area contributed by atoms with Crippen LogP contribution in [0.3, 0.4) is 0 Å². The predicted molar refractivity (Wildman–Crippen MR) is 48.9 cm³/mol. The van der Waals surface area contributed by atoms with Crippen LogP contribution in [0.2, 0.25) is 0 Å². The van der Waals surface area contributed by atoms with E-state index in [1.807, 2.05) is 6.08 Å². The van der Waals surface area contributed by atoms with Crippen LogP contribution < -0.4 is 11.3 Å². The van der Waals surface area contributed by atoms with Crippen molar-refractivity contribution >= 4 is 11.8 Å². The monoisotopic (exact) mass is 160 g/mol. The first kappa shape index (κ1) is 10.0. The van der Waals surface area contributed by atoms with Gasteiger partial charge in [-0.3, -0.25) is 11.3 Å². The molecule has 60 valence electrons. The SMILES string of the molecule is C=CC(NN)C(C)(C)SC. The van der Waals surface area contributed by atoms with E-state index >= 15 is 0 Å². The minimum absolute atomic E-state index is 0.122. The minimum Gasteiger partial charge on any atom is -0.271 e. The normalized spacial score (nSPS) is 14.8. The van der Waals surface area contributed by atoms with Crippen LogP contribution in [-0.2, 0) is 0 Å². The summed E-state index contributed by atoms with van der Waals surface area (Å²) in [6.07, 6.45) is 3.89. The van der Waals surface area contributed by atoms with Crippen molar-refractivity contribution in [2.24, 2.45) is 5.84 Å². The fourth-order valence-corrected chi connectivity index (χ4v) is 1.10. The van der Waals surface area contributed by atoms with Crippen molar-refractivity contribution in [1.82, 2.24) is 5.43 Å². The fourth-order valence-electron chi connectivity index (χ4n) is 0.680. The van der Waals surface area contributed by atoms with E-state index in [1.54, 1.807) is 11.8 Å². The molecule has 0 radical (unpaired) electrons. The Bertz CT molecular complexity index is 112. The first-order valence-electron chi connectivity index (χ1n) is 3.22. The highest BCUT2D eigenvalue weighted by Gasteiger charge is 2.24. The predicted octanol–water partition coefficient (Wildman–Crippen LogP) is 1.15. The summed E-state index contributed by atoms with van der Waals surface area (Å²) in [5.41, 5.74) is 2.70. The van der Waals surface area contributed by atoms with E-state index in [0.717, 1.165) is 0 Å². The molecule has 0 fully saturated rings. The van der Waals surface area contributed by atoms with Gasteiger partial charge in [0.15, 0.2) is 0 Å². The van der Waals surface area contributed by atoms with Gasteiger partial charge in [-0.25, -0.2) is 0 Å². The Kier molecular flexibility index (Phi) is 4.01. The van der Waals surface area contributed by atoms with Crippen LogP contribution in [0.4, 0.5) is 0 Å². The van der Waals surface area contributed by atoms with Crippen LogP contribution >= 0.6 is 11.8 Å². The Morgan fingerprint density at radius 2 is 2.20 bits per heavy atom. The van der Waals surface area contributed by atoms with Gasteiger partial charge in [-0.05, 0) is 20.1 Å². The first-order valence-corrected chi connectivity index (χ1v) is 4.44. The van der Waals surface area contributed by atoms with Gasteiger partial charge >= 0.3 is 0 Å². The lowest BCUT2D eigenvalue weighted by Crippen LogP contribution is -2.46. The number of nitrogens with one attached hydrogen (secondary N) is 1. The Hall–Kier alpha value is 0.0100. The molecule has 0 heterocycles. The molecule has 0 amide bonds. The average Bonchev–Trinajstić information content (AvgIpc) is 1.90. The third-order valence-corrected chi connectivity index (χ3v) is 3.00. The van der Waals surface area contributed by atoms with E-state index in [9.17, 15) is 0 Å². The number of nitrogens with two attached hydrogens (primary N) is 1. The molecule has 2 nitrogen and oxygen atoms in total. The van der Waals surface area contributed by atoms with Crippen molar-refractivity contribution in [3.63, 3.8) is 0 Å². The zero-order chi connectivity index (χ0) is 8.20. The molecule has 0 aromatic carbocycles. The van der Waals surface area contributed by atoms with Crippen molar-refractivity contribution in [1.29, 1.82) is 0 Å². The second-order valence-electron chi connectivity index (χ2n) is 2.69. The number of hydrogen-bond donors (Lipinski definition) is 2. The maximum absolute atomic E-state index is 5.31. The molecule has 0 aliphatic rings. The highest BCUT2D eigenvalue weighted by molar-refractivity contribution is 8.00. The number of rotatable bonds is 4. The van der Waals surface area contributed by atoms with Crippen LogP contribution in [0.1, 0.15) is 13.8 Å². The highest BCUT2D eigenvalue weighted by atomic mass is 32.2. The number of thioether (sulfide) groups is 1. The Labute approximate surface area is 67.2 Å². The van der Waals surface area contributed by atoms with Gasteiger partial charge in [-0.2, -0.15) is 11.8 Å². The van der Waals surface area contributed by atoms with Crippen molar-refractivity contribution in [2.45, 2.75) is 24.6 Å². The van der Waals surface area contributed by atoms with Crippen LogP contribution in [0.25, 0.3) is 0 Å². The zero-order valence-corrected chi connectivity index (χ0v) is 7.66. The molecule has 1 unspecified atom stereocenters. The van der Waals surface area contributed by atoms with E-state index in [0.29, 0.717) is 0 Å². The van der Waals surface area contributed by atoms with Crippen molar-refractivity contribution < 1.29 is 0 Å². The van der Waals surface area contributed by atoms with Gasteiger partial charge in [0.25, 0.3) is 0 Å². The minimum atomic E-state index is 0.122. The molecule has 1 atom stereocenters. The summed E-state index contributed by atoms with van der Waals surface area (Å²) in [6, 6.07) is 0.169. The largest absolute Gasteiger partial charge is 0.271 e. The maximum Gasteiger partial charge on any atom is 0.0529 e. The molecule has 0 aliphatic heterocycles. The van der Waals surface area contributed by atoms with Gasteiger partial charge < -0.3 is 0 Å². The summed E-state index contributed by atoms with van der Waals surface area (Å²) in [4.78, 5) is 0. The first-order chi connectivity index (χ1) is 4.58. The Morgan fingerprint density at radius 3 is 2.30 bits per heavy atom. The van der Waals surface area contributed by atoms with Crippen LogP contribution in [0.5, 0.6) is 0 Å². The molecule has 3 N–H and O–H groups in total. The quantitative estimate of drug-likeness (QED) is 0.368. The molecule has 0 saturated heterocycles. The number of hydrazine groups is 1. The molecule has 10 heavy (non-hydrogen) atoms. The van der Waals surface area contributed by atoms with Gasteiger partial charge in [0.05, 0.1) is 6.04 Å². The molecule has 0 rings (SSSR count). The molecule has 0 bridgehead atoms. The molecule has 3 heteroatoms. The van der Waals surface area contributed by atoms with Gasteiger partial charge in [0.2, 0.25) is 0 Å². The highest BCUT2D eigenvalue weighted by Crippen LogP contribution is 2.25. The lowest BCUT2D eigenvalue weighted by Gasteiger charge is -2.29. The summed E-state index contributed by atoms with van der Waals surface area (Å²) in [6.45, 7) is 7.95. The summed E-state index contributed by atoms with van der Waals surface area (Å²) in [7, 11) is 0. The van der Waals surface area contributed by atoms with Crippen molar-refractivity contribution in [2.75, 3.05) is 6.26 Å². The molecule has 0 aliphatic carbocycles. The third kappa shape index (κ3) is 2.33. The van der Waals surface area contributed by atoms with E-state index in [-0.39, 0.29) is 10.8 Å². The van der Waals surface area contributed by atoms with Crippen LogP contribution in [-0.4, -0.2) is 17.0 Å². The molecular formula is C7H16N2S. The molecule has 0 aromatic rings. The lowest BCUT2D eigenvalue weighted by molar-refractivity contribution is 0.515. The maximum atomic E-state index is 5.31. The van der Waals surface area contributed by atoms with Crippen molar-refractivity contribution in [3.05, 3.63) is 12.7 Å². The molecule has 0 saturated carbocycles. The average molecular weight is 160 g/mol. The summed E-state index contributed by atoms with van der Waals surface area (Å²) in [5.74, 6) is 5.31. The zero-order valence-electron chi connectivity index (χ0n) is 6.85. The standard InChI is InChI=1S/C7H16N2S/c1-5-6(9-8)7(2,3)10-4/h5-6,9H,1,8H2,2-4H3. The Morgan fingerprint density at radius 1 is 1.70 bits per heavy atom. The second-order valence-corrected chi connectivity index (χ2v) is 4.15. The molecular weight excluding hydrogens is 144 g/mol. The van der Waals surface area contributed by atoms with E-state index in [2.05, 4.69) is 32.1 Å². The van der Waals surface area contributed by atoms with Crippen LogP contribution in [0.15, 0.2) is 12.7 Å². The van der Waals surface area contributed by atoms with E-state index < -0.39 is 0 Å². The third-order valence-electron chi connectivity index (χ3n) is 1.69. The van der Waals surface area contributed by atoms with Gasteiger partial charge in [-0.15, -0.1) is 6.58 Å². The van der Waals surface area contributed by atoms with Crippen LogP contribution in [0, 0.1) is 0 Å². The summed E-state index contributed by atoms with van der Waals surface area (Å²) < 4.78 is 0.122. The molecule has 0 spiro atoms. The van der Waals surface area contributed by atoms with Gasteiger partial charge in [0.1, 0.15) is 0 Å². The fraction of sp³-hybridized carbons (Fsp3) is 0.714. The van der Waals surface area contributed by atoms with Gasteiger partial charge in [-0.1, -0.05) is 6.08 Å². The molecule has 0 aromatic heterocycles. The lowest BCUT2D eigenvalue weighted by atomic mass is 10.0. The van der Waals surface area contributed by atoms with E-state index in [4.69, 9.17) is 5.84 Å². The second kappa shape index (κ2) is 4.01.